The second-order valence-corrected chi connectivity index (χ2v) is 7.35. The van der Waals surface area contributed by atoms with Gasteiger partial charge in [-0.3, -0.25) is 4.79 Å². The van der Waals surface area contributed by atoms with Crippen molar-refractivity contribution in [3.63, 3.8) is 0 Å². The van der Waals surface area contributed by atoms with Gasteiger partial charge in [-0.05, 0) is 5.41 Å². The van der Waals surface area contributed by atoms with Crippen molar-refractivity contribution in [2.45, 2.75) is 32.7 Å². The highest BCUT2D eigenvalue weighted by Gasteiger charge is 2.47. The van der Waals surface area contributed by atoms with Gasteiger partial charge >= 0.3 is 6.09 Å². The fourth-order valence-electron chi connectivity index (χ4n) is 3.14. The van der Waals surface area contributed by atoms with E-state index in [1.165, 1.54) is 21.3 Å². The molecule has 2 atom stereocenters. The fourth-order valence-corrected chi connectivity index (χ4v) is 3.14. The van der Waals surface area contributed by atoms with Gasteiger partial charge < -0.3 is 24.1 Å². The molecular formula is C19H27NO7. The minimum atomic E-state index is -1.06. The van der Waals surface area contributed by atoms with Gasteiger partial charge in [-0.2, -0.15) is 0 Å². The Morgan fingerprint density at radius 2 is 1.78 bits per heavy atom. The van der Waals surface area contributed by atoms with E-state index in [0.717, 1.165) is 4.90 Å². The van der Waals surface area contributed by atoms with Crippen molar-refractivity contribution in [2.24, 2.45) is 5.41 Å². The molecule has 0 aliphatic carbocycles. The lowest BCUT2D eigenvalue weighted by Gasteiger charge is -2.33. The van der Waals surface area contributed by atoms with E-state index in [4.69, 9.17) is 18.9 Å². The second kappa shape index (κ2) is 8.04. The Bertz CT molecular complexity index is 685. The van der Waals surface area contributed by atoms with Crippen LogP contribution in [0, 0.1) is 5.41 Å². The molecule has 150 valence electrons. The molecule has 0 bridgehead atoms. The average Bonchev–Trinajstić information content (AvgIpc) is 3.03. The molecule has 0 radical (unpaired) electrons. The van der Waals surface area contributed by atoms with Crippen LogP contribution in [0.1, 0.15) is 32.3 Å². The number of methoxy groups -OCH3 is 3. The van der Waals surface area contributed by atoms with E-state index in [-0.39, 0.29) is 12.0 Å². The quantitative estimate of drug-likeness (QED) is 0.807. The number of ether oxygens (including phenoxy) is 4. The van der Waals surface area contributed by atoms with Crippen LogP contribution in [0.4, 0.5) is 4.79 Å². The summed E-state index contributed by atoms with van der Waals surface area (Å²) in [5.74, 6) is -0.514. The summed E-state index contributed by atoms with van der Waals surface area (Å²) in [6.07, 6.45) is -0.718. The Labute approximate surface area is 159 Å². The molecule has 0 spiro atoms. The lowest BCUT2D eigenvalue weighted by Crippen LogP contribution is -2.48. The summed E-state index contributed by atoms with van der Waals surface area (Å²) in [6.45, 7) is 5.34. The van der Waals surface area contributed by atoms with Crippen LogP contribution in [0.25, 0.3) is 0 Å². The molecule has 1 aliphatic heterocycles. The third-order valence-electron chi connectivity index (χ3n) is 4.69. The summed E-state index contributed by atoms with van der Waals surface area (Å²) >= 11 is 0. The smallest absolute Gasteiger partial charge is 0.417 e. The van der Waals surface area contributed by atoms with Gasteiger partial charge in [0.15, 0.2) is 0 Å². The molecule has 27 heavy (non-hydrogen) atoms. The standard InChI is InChI=1S/C19H27NO7/c1-19(2,3)15-10-27-18(23)20(15)17(22)12(9-21)16-13(25-5)7-11(24-4)8-14(16)26-6/h7-8,12,15,21H,9-10H2,1-6H3/t12-,15+/m1/s1. The Morgan fingerprint density at radius 3 is 2.19 bits per heavy atom. The number of carbonyl (C=O) groups is 2. The van der Waals surface area contributed by atoms with Crippen LogP contribution >= 0.6 is 0 Å². The van der Waals surface area contributed by atoms with E-state index in [1.54, 1.807) is 12.1 Å². The summed E-state index contributed by atoms with van der Waals surface area (Å²) in [6, 6.07) is 2.75. The maximum absolute atomic E-state index is 13.3. The first kappa shape index (κ1) is 20.8. The van der Waals surface area contributed by atoms with Crippen LogP contribution in [0.3, 0.4) is 0 Å². The molecule has 1 saturated heterocycles. The molecule has 0 aromatic heterocycles. The molecule has 1 aromatic carbocycles. The van der Waals surface area contributed by atoms with E-state index in [9.17, 15) is 14.7 Å². The van der Waals surface area contributed by atoms with Crippen LogP contribution in [0.2, 0.25) is 0 Å². The first-order valence-corrected chi connectivity index (χ1v) is 8.60. The molecule has 0 saturated carbocycles. The monoisotopic (exact) mass is 381 g/mol. The predicted molar refractivity (Wildman–Crippen MR) is 97.4 cm³/mol. The molecule has 8 heteroatoms. The van der Waals surface area contributed by atoms with Crippen molar-refractivity contribution < 1.29 is 33.6 Å². The number of hydrogen-bond acceptors (Lipinski definition) is 7. The van der Waals surface area contributed by atoms with Crippen molar-refractivity contribution >= 4 is 12.0 Å². The van der Waals surface area contributed by atoms with Crippen molar-refractivity contribution in [1.29, 1.82) is 0 Å². The normalized spacial score (nSPS) is 18.1. The minimum Gasteiger partial charge on any atom is -0.496 e. The van der Waals surface area contributed by atoms with Crippen LogP contribution in [-0.2, 0) is 9.53 Å². The molecule has 2 rings (SSSR count). The maximum Gasteiger partial charge on any atom is 0.417 e. The van der Waals surface area contributed by atoms with E-state index < -0.39 is 30.6 Å². The van der Waals surface area contributed by atoms with Gasteiger partial charge in [-0.15, -0.1) is 0 Å². The predicted octanol–water partition coefficient (Wildman–Crippen LogP) is 2.18. The molecule has 2 amide bonds. The fraction of sp³-hybridized carbons (Fsp3) is 0.579. The lowest BCUT2D eigenvalue weighted by atomic mass is 9.85. The topological polar surface area (TPSA) is 94.5 Å². The van der Waals surface area contributed by atoms with Crippen molar-refractivity contribution in [2.75, 3.05) is 34.5 Å². The van der Waals surface area contributed by atoms with Crippen LogP contribution in [0.5, 0.6) is 17.2 Å². The highest BCUT2D eigenvalue weighted by atomic mass is 16.6. The largest absolute Gasteiger partial charge is 0.496 e. The van der Waals surface area contributed by atoms with Gasteiger partial charge in [-0.1, -0.05) is 20.8 Å². The van der Waals surface area contributed by atoms with Gasteiger partial charge in [0.05, 0.1) is 45.5 Å². The molecule has 1 N–H and O–H groups in total. The molecule has 1 aromatic rings. The number of nitrogens with zero attached hydrogens (tertiary/aromatic N) is 1. The number of aliphatic hydroxyl groups excluding tert-OH is 1. The van der Waals surface area contributed by atoms with Gasteiger partial charge in [-0.25, -0.2) is 9.69 Å². The Balaban J connectivity index is 2.53. The number of amides is 2. The van der Waals surface area contributed by atoms with Crippen molar-refractivity contribution in [3.8, 4) is 17.2 Å². The van der Waals surface area contributed by atoms with Crippen LogP contribution in [-0.4, -0.2) is 62.6 Å². The third kappa shape index (κ3) is 3.95. The highest BCUT2D eigenvalue weighted by molar-refractivity contribution is 5.98. The first-order chi connectivity index (χ1) is 12.7. The number of rotatable bonds is 6. The lowest BCUT2D eigenvalue weighted by molar-refractivity contribution is -0.133. The third-order valence-corrected chi connectivity index (χ3v) is 4.69. The summed E-state index contributed by atoms with van der Waals surface area (Å²) < 4.78 is 21.1. The van der Waals surface area contributed by atoms with Crippen LogP contribution < -0.4 is 14.2 Å². The first-order valence-electron chi connectivity index (χ1n) is 8.60. The van der Waals surface area contributed by atoms with Gasteiger partial charge in [0.2, 0.25) is 5.91 Å². The summed E-state index contributed by atoms with van der Waals surface area (Å²) in [4.78, 5) is 26.6. The zero-order chi connectivity index (χ0) is 20.4. The maximum atomic E-state index is 13.3. The Kier molecular flexibility index (Phi) is 6.20. The average molecular weight is 381 g/mol. The molecule has 1 fully saturated rings. The van der Waals surface area contributed by atoms with E-state index >= 15 is 0 Å². The molecular weight excluding hydrogens is 354 g/mol. The molecule has 1 heterocycles. The zero-order valence-electron chi connectivity index (χ0n) is 16.6. The Hall–Kier alpha value is -2.48. The number of benzene rings is 1. The molecule has 0 unspecified atom stereocenters. The number of imide groups is 1. The zero-order valence-corrected chi connectivity index (χ0v) is 16.6. The van der Waals surface area contributed by atoms with Crippen LogP contribution in [0.15, 0.2) is 12.1 Å². The van der Waals surface area contributed by atoms with Gasteiger partial charge in [0, 0.05) is 12.1 Å². The SMILES string of the molecule is COc1cc(OC)c([C@@H](CO)C(=O)N2C(=O)OC[C@H]2C(C)(C)C)c(OC)c1. The summed E-state index contributed by atoms with van der Waals surface area (Å²) in [5.41, 5.74) is -0.0312. The summed E-state index contributed by atoms with van der Waals surface area (Å²) in [7, 11) is 4.38. The van der Waals surface area contributed by atoms with Gasteiger partial charge in [0.25, 0.3) is 0 Å². The highest BCUT2D eigenvalue weighted by Crippen LogP contribution is 2.41. The number of aliphatic hydroxyl groups is 1. The van der Waals surface area contributed by atoms with E-state index in [0.29, 0.717) is 22.8 Å². The summed E-state index contributed by atoms with van der Waals surface area (Å²) in [5, 5.41) is 10.0. The van der Waals surface area contributed by atoms with Crippen molar-refractivity contribution in [1.82, 2.24) is 4.90 Å². The number of cyclic esters (lactones) is 1. The number of carbonyl (C=O) groups excluding carboxylic acids is 2. The van der Waals surface area contributed by atoms with E-state index in [1.807, 2.05) is 20.8 Å². The Morgan fingerprint density at radius 1 is 1.22 bits per heavy atom. The van der Waals surface area contributed by atoms with Crippen molar-refractivity contribution in [3.05, 3.63) is 17.7 Å². The van der Waals surface area contributed by atoms with Gasteiger partial charge in [0.1, 0.15) is 23.9 Å². The number of hydrogen-bond donors (Lipinski definition) is 1. The molecule has 1 aliphatic rings. The second-order valence-electron chi connectivity index (χ2n) is 7.35. The minimum absolute atomic E-state index is 0.114. The van der Waals surface area contributed by atoms with E-state index in [2.05, 4.69) is 0 Å². The molecule has 8 nitrogen and oxygen atoms in total.